The van der Waals surface area contributed by atoms with E-state index in [0.29, 0.717) is 5.92 Å². The molecule has 0 saturated carbocycles. The van der Waals surface area contributed by atoms with Gasteiger partial charge in [0, 0.05) is 30.2 Å². The highest BCUT2D eigenvalue weighted by Crippen LogP contribution is 2.26. The molecule has 2 heterocycles. The summed E-state index contributed by atoms with van der Waals surface area (Å²) in [5, 5.41) is 1.30. The fraction of sp³-hybridized carbons (Fsp3) is 0.318. The molecule has 26 heavy (non-hydrogen) atoms. The fourth-order valence-corrected chi connectivity index (χ4v) is 3.93. The molecule has 1 fully saturated rings. The molecule has 0 aliphatic carbocycles. The molecule has 1 N–H and O–H groups in total. The van der Waals surface area contributed by atoms with Gasteiger partial charge < -0.3 is 9.88 Å². The molecule has 3 aromatic rings. The number of aromatic amines is 1. The molecule has 2 aromatic carbocycles. The molecule has 1 amide bonds. The van der Waals surface area contributed by atoms with Gasteiger partial charge in [0.1, 0.15) is 5.82 Å². The summed E-state index contributed by atoms with van der Waals surface area (Å²) in [5.41, 5.74) is 3.30. The largest absolute Gasteiger partial charge is 0.361 e. The Hall–Kier alpha value is -2.62. The van der Waals surface area contributed by atoms with E-state index >= 15 is 0 Å². The van der Waals surface area contributed by atoms with E-state index in [4.69, 9.17) is 0 Å². The van der Waals surface area contributed by atoms with Gasteiger partial charge in [-0.05, 0) is 54.5 Å². The monoisotopic (exact) mass is 350 g/mol. The lowest BCUT2D eigenvalue weighted by atomic mass is 9.90. The van der Waals surface area contributed by atoms with Gasteiger partial charge in [0.25, 0.3) is 0 Å². The van der Waals surface area contributed by atoms with Crippen LogP contribution in [0.25, 0.3) is 10.9 Å². The Morgan fingerprint density at radius 1 is 1.12 bits per heavy atom. The third kappa shape index (κ3) is 3.64. The maximum absolute atomic E-state index is 13.3. The van der Waals surface area contributed by atoms with Gasteiger partial charge >= 0.3 is 0 Å². The van der Waals surface area contributed by atoms with Crippen LogP contribution in [0.4, 0.5) is 4.39 Å². The summed E-state index contributed by atoms with van der Waals surface area (Å²) in [4.78, 5) is 17.7. The average Bonchev–Trinajstić information content (AvgIpc) is 3.05. The Labute approximate surface area is 152 Å². The number of carbonyl (C=O) groups is 1. The zero-order chi connectivity index (χ0) is 17.9. The van der Waals surface area contributed by atoms with Crippen LogP contribution < -0.4 is 0 Å². The van der Waals surface area contributed by atoms with Gasteiger partial charge in [0.2, 0.25) is 5.91 Å². The number of halogens is 1. The number of hydrogen-bond acceptors (Lipinski definition) is 1. The third-order valence-corrected chi connectivity index (χ3v) is 5.40. The minimum atomic E-state index is -0.285. The van der Waals surface area contributed by atoms with Crippen LogP contribution in [-0.4, -0.2) is 28.9 Å². The van der Waals surface area contributed by atoms with E-state index in [9.17, 15) is 9.18 Å². The molecule has 1 aliphatic heterocycles. The molecule has 0 unspecified atom stereocenters. The van der Waals surface area contributed by atoms with Crippen LogP contribution in [0, 0.1) is 11.7 Å². The van der Waals surface area contributed by atoms with E-state index in [1.165, 1.54) is 28.6 Å². The molecule has 0 radical (unpaired) electrons. The number of hydrogen-bond donors (Lipinski definition) is 1. The van der Waals surface area contributed by atoms with E-state index in [-0.39, 0.29) is 18.1 Å². The summed E-state index contributed by atoms with van der Waals surface area (Å²) in [6.07, 6.45) is 5.50. The van der Waals surface area contributed by atoms with Crippen LogP contribution in [0.5, 0.6) is 0 Å². The van der Waals surface area contributed by atoms with E-state index in [0.717, 1.165) is 37.9 Å². The second-order valence-corrected chi connectivity index (χ2v) is 7.19. The minimum Gasteiger partial charge on any atom is -0.361 e. The molecule has 4 rings (SSSR count). The maximum Gasteiger partial charge on any atom is 0.226 e. The number of likely N-dealkylation sites (tertiary alicyclic amines) is 1. The van der Waals surface area contributed by atoms with Gasteiger partial charge in [-0.2, -0.15) is 0 Å². The van der Waals surface area contributed by atoms with Gasteiger partial charge in [-0.1, -0.05) is 30.3 Å². The quantitative estimate of drug-likeness (QED) is 0.747. The molecule has 0 spiro atoms. The van der Waals surface area contributed by atoms with Gasteiger partial charge in [-0.15, -0.1) is 0 Å². The first kappa shape index (κ1) is 16.8. The van der Waals surface area contributed by atoms with Crippen molar-refractivity contribution in [3.8, 4) is 0 Å². The van der Waals surface area contributed by atoms with E-state index < -0.39 is 0 Å². The van der Waals surface area contributed by atoms with Crippen molar-refractivity contribution >= 4 is 16.8 Å². The van der Waals surface area contributed by atoms with Crippen molar-refractivity contribution in [2.45, 2.75) is 25.7 Å². The highest BCUT2D eigenvalue weighted by Gasteiger charge is 2.23. The first-order valence-corrected chi connectivity index (χ1v) is 9.26. The van der Waals surface area contributed by atoms with Crippen LogP contribution in [-0.2, 0) is 17.6 Å². The lowest BCUT2D eigenvalue weighted by molar-refractivity contribution is -0.131. The van der Waals surface area contributed by atoms with Crippen molar-refractivity contribution in [1.82, 2.24) is 9.88 Å². The lowest BCUT2D eigenvalue weighted by Gasteiger charge is -2.32. The van der Waals surface area contributed by atoms with Crippen LogP contribution in [0.2, 0.25) is 0 Å². The Morgan fingerprint density at radius 2 is 1.92 bits per heavy atom. The first-order valence-electron chi connectivity index (χ1n) is 9.26. The molecule has 1 aromatic heterocycles. The van der Waals surface area contributed by atoms with Crippen molar-refractivity contribution in [1.29, 1.82) is 0 Å². The van der Waals surface area contributed by atoms with Crippen LogP contribution in [0.3, 0.4) is 0 Å². The topological polar surface area (TPSA) is 36.1 Å². The number of fused-ring (bicyclic) bond motifs is 1. The maximum atomic E-state index is 13.3. The zero-order valence-corrected chi connectivity index (χ0v) is 14.7. The van der Waals surface area contributed by atoms with Crippen LogP contribution >= 0.6 is 0 Å². The molecule has 1 saturated heterocycles. The Kier molecular flexibility index (Phi) is 4.74. The number of nitrogens with zero attached hydrogens (tertiary/aromatic N) is 1. The van der Waals surface area contributed by atoms with Crippen molar-refractivity contribution < 1.29 is 9.18 Å². The molecular weight excluding hydrogens is 327 g/mol. The Bertz CT molecular complexity index is 909. The summed E-state index contributed by atoms with van der Waals surface area (Å²) in [6, 6.07) is 14.7. The highest BCUT2D eigenvalue weighted by atomic mass is 19.1. The molecule has 134 valence electrons. The summed E-state index contributed by atoms with van der Waals surface area (Å²) in [6.45, 7) is 1.59. The minimum absolute atomic E-state index is 0.0983. The number of amides is 1. The Morgan fingerprint density at radius 3 is 2.73 bits per heavy atom. The van der Waals surface area contributed by atoms with Gasteiger partial charge in [0.15, 0.2) is 0 Å². The van der Waals surface area contributed by atoms with E-state index in [1.807, 2.05) is 17.0 Å². The van der Waals surface area contributed by atoms with Gasteiger partial charge in [-0.3, -0.25) is 4.79 Å². The molecule has 3 nitrogen and oxygen atoms in total. The number of H-pyrrole nitrogens is 1. The third-order valence-electron chi connectivity index (χ3n) is 5.40. The lowest BCUT2D eigenvalue weighted by Crippen LogP contribution is -2.39. The van der Waals surface area contributed by atoms with Crippen molar-refractivity contribution in [3.05, 3.63) is 71.7 Å². The molecular formula is C22H23FN2O. The standard InChI is InChI=1S/C22H23FN2O/c23-19-5-3-4-17(13-19)14-22(26)25-10-8-16(9-11-25)12-18-15-24-21-7-2-1-6-20(18)21/h1-7,13,15-16,24H,8-12,14H2. The van der Waals surface area contributed by atoms with Gasteiger partial charge in [0.05, 0.1) is 6.42 Å². The van der Waals surface area contributed by atoms with Crippen molar-refractivity contribution in [2.75, 3.05) is 13.1 Å². The molecule has 0 atom stereocenters. The SMILES string of the molecule is O=C(Cc1cccc(F)c1)N1CCC(Cc2c[nH]c3ccccc23)CC1. The summed E-state index contributed by atoms with van der Waals surface area (Å²) in [7, 11) is 0. The van der Waals surface area contributed by atoms with E-state index in [2.05, 4.69) is 29.4 Å². The number of para-hydroxylation sites is 1. The summed E-state index contributed by atoms with van der Waals surface area (Å²) in [5.74, 6) is 0.418. The summed E-state index contributed by atoms with van der Waals surface area (Å²) >= 11 is 0. The van der Waals surface area contributed by atoms with Crippen LogP contribution in [0.15, 0.2) is 54.7 Å². The highest BCUT2D eigenvalue weighted by molar-refractivity contribution is 5.83. The first-order chi connectivity index (χ1) is 12.7. The smallest absolute Gasteiger partial charge is 0.226 e. The number of benzene rings is 2. The van der Waals surface area contributed by atoms with E-state index in [1.54, 1.807) is 6.07 Å². The average molecular weight is 350 g/mol. The predicted molar refractivity (Wildman–Crippen MR) is 101 cm³/mol. The second kappa shape index (κ2) is 7.32. The molecule has 1 aliphatic rings. The Balaban J connectivity index is 1.33. The number of carbonyl (C=O) groups excluding carboxylic acids is 1. The van der Waals surface area contributed by atoms with Gasteiger partial charge in [-0.25, -0.2) is 4.39 Å². The van der Waals surface area contributed by atoms with Crippen molar-refractivity contribution in [2.24, 2.45) is 5.92 Å². The number of rotatable bonds is 4. The summed E-state index contributed by atoms with van der Waals surface area (Å²) < 4.78 is 13.3. The molecule has 0 bridgehead atoms. The fourth-order valence-electron chi connectivity index (χ4n) is 3.93. The van der Waals surface area contributed by atoms with Crippen molar-refractivity contribution in [3.63, 3.8) is 0 Å². The normalized spacial score (nSPS) is 15.5. The predicted octanol–water partition coefficient (Wildman–Crippen LogP) is 4.33. The molecule has 4 heteroatoms. The number of piperidine rings is 1. The second-order valence-electron chi connectivity index (χ2n) is 7.19. The number of nitrogens with one attached hydrogen (secondary N) is 1. The zero-order valence-electron chi connectivity index (χ0n) is 14.7. The number of aromatic nitrogens is 1. The van der Waals surface area contributed by atoms with Crippen LogP contribution in [0.1, 0.15) is 24.0 Å².